The number of aromatic nitrogens is 2. The summed E-state index contributed by atoms with van der Waals surface area (Å²) >= 11 is 5.87. The SMILES string of the molecule is CC1=C(C(=N)c2cnccn2)CCN(C(=O)c2cccc(C(F)(F)F)c2Cl)C1. The van der Waals surface area contributed by atoms with E-state index in [1.165, 1.54) is 35.6 Å². The molecule has 5 nitrogen and oxygen atoms in total. The Morgan fingerprint density at radius 3 is 2.64 bits per heavy atom. The van der Waals surface area contributed by atoms with Gasteiger partial charge < -0.3 is 4.90 Å². The molecule has 0 radical (unpaired) electrons. The first-order valence-electron chi connectivity index (χ1n) is 8.39. The third kappa shape index (κ3) is 3.91. The molecule has 1 amide bonds. The van der Waals surface area contributed by atoms with Crippen LogP contribution >= 0.6 is 11.6 Å². The molecule has 28 heavy (non-hydrogen) atoms. The highest BCUT2D eigenvalue weighted by Crippen LogP contribution is 2.36. The summed E-state index contributed by atoms with van der Waals surface area (Å²) in [6, 6.07) is 3.31. The molecule has 3 rings (SSSR count). The highest BCUT2D eigenvalue weighted by atomic mass is 35.5. The molecule has 0 aliphatic carbocycles. The van der Waals surface area contributed by atoms with Gasteiger partial charge in [-0.1, -0.05) is 17.7 Å². The molecule has 1 aromatic carbocycles. The smallest absolute Gasteiger partial charge is 0.334 e. The van der Waals surface area contributed by atoms with E-state index in [2.05, 4.69) is 9.97 Å². The number of rotatable bonds is 3. The Morgan fingerprint density at radius 1 is 1.29 bits per heavy atom. The van der Waals surface area contributed by atoms with Gasteiger partial charge in [-0.2, -0.15) is 13.2 Å². The van der Waals surface area contributed by atoms with Gasteiger partial charge in [0.2, 0.25) is 0 Å². The van der Waals surface area contributed by atoms with Crippen molar-refractivity contribution < 1.29 is 18.0 Å². The van der Waals surface area contributed by atoms with Gasteiger partial charge in [-0.25, -0.2) is 0 Å². The molecule has 1 aliphatic rings. The van der Waals surface area contributed by atoms with Crippen LogP contribution in [0.4, 0.5) is 13.2 Å². The van der Waals surface area contributed by atoms with Crippen LogP contribution in [-0.4, -0.2) is 39.6 Å². The molecule has 0 unspecified atom stereocenters. The summed E-state index contributed by atoms with van der Waals surface area (Å²) in [7, 11) is 0. The fourth-order valence-corrected chi connectivity index (χ4v) is 3.42. The van der Waals surface area contributed by atoms with Crippen molar-refractivity contribution in [2.24, 2.45) is 0 Å². The fraction of sp³-hybridized carbons (Fsp3) is 0.263. The lowest BCUT2D eigenvalue weighted by Gasteiger charge is -2.30. The van der Waals surface area contributed by atoms with Crippen molar-refractivity contribution in [1.29, 1.82) is 5.41 Å². The van der Waals surface area contributed by atoms with Crippen LogP contribution in [0.1, 0.15) is 35.0 Å². The summed E-state index contributed by atoms with van der Waals surface area (Å²) in [6.07, 6.45) is 0.252. The van der Waals surface area contributed by atoms with Gasteiger partial charge in [0.25, 0.3) is 5.91 Å². The van der Waals surface area contributed by atoms with Crippen LogP contribution in [0.25, 0.3) is 0 Å². The second kappa shape index (κ2) is 7.71. The lowest BCUT2D eigenvalue weighted by molar-refractivity contribution is -0.137. The van der Waals surface area contributed by atoms with Gasteiger partial charge in [0.05, 0.1) is 28.1 Å². The highest BCUT2D eigenvalue weighted by Gasteiger charge is 2.35. The second-order valence-corrected chi connectivity index (χ2v) is 6.74. The van der Waals surface area contributed by atoms with Crippen molar-refractivity contribution in [2.45, 2.75) is 19.5 Å². The number of hydrogen-bond acceptors (Lipinski definition) is 4. The van der Waals surface area contributed by atoms with Crippen LogP contribution in [0.2, 0.25) is 5.02 Å². The van der Waals surface area contributed by atoms with Crippen molar-refractivity contribution in [3.63, 3.8) is 0 Å². The molecule has 0 fully saturated rings. The molecule has 0 spiro atoms. The summed E-state index contributed by atoms with van der Waals surface area (Å²) in [5, 5.41) is 7.72. The van der Waals surface area contributed by atoms with Gasteiger partial charge in [0.1, 0.15) is 5.69 Å². The minimum absolute atomic E-state index is 0.184. The molecule has 0 bridgehead atoms. The summed E-state index contributed by atoms with van der Waals surface area (Å²) in [5.74, 6) is -0.569. The van der Waals surface area contributed by atoms with Crippen LogP contribution in [0.5, 0.6) is 0 Å². The second-order valence-electron chi connectivity index (χ2n) is 6.37. The zero-order chi connectivity index (χ0) is 20.5. The summed E-state index contributed by atoms with van der Waals surface area (Å²) < 4.78 is 39.1. The van der Waals surface area contributed by atoms with Gasteiger partial charge in [-0.05, 0) is 36.6 Å². The van der Waals surface area contributed by atoms with Gasteiger partial charge in [-0.3, -0.25) is 20.2 Å². The molecule has 1 N–H and O–H groups in total. The summed E-state index contributed by atoms with van der Waals surface area (Å²) in [4.78, 5) is 22.3. The molecule has 0 saturated heterocycles. The number of carbonyl (C=O) groups is 1. The van der Waals surface area contributed by atoms with Gasteiger partial charge >= 0.3 is 6.18 Å². The van der Waals surface area contributed by atoms with Gasteiger partial charge in [-0.15, -0.1) is 0 Å². The molecule has 1 aromatic heterocycles. The predicted octanol–water partition coefficient (Wildman–Crippen LogP) is 4.38. The maximum absolute atomic E-state index is 13.0. The molecule has 1 aliphatic heterocycles. The number of halogens is 4. The quantitative estimate of drug-likeness (QED) is 0.766. The molecular formula is C19H16ClF3N4O. The van der Waals surface area contributed by atoms with Gasteiger partial charge in [0.15, 0.2) is 0 Å². The summed E-state index contributed by atoms with van der Waals surface area (Å²) in [6.45, 7) is 2.25. The molecule has 146 valence electrons. The van der Waals surface area contributed by atoms with Crippen LogP contribution in [-0.2, 0) is 6.18 Å². The minimum atomic E-state index is -4.63. The van der Waals surface area contributed by atoms with Crippen molar-refractivity contribution in [3.8, 4) is 0 Å². The lowest BCUT2D eigenvalue weighted by Crippen LogP contribution is -2.38. The minimum Gasteiger partial charge on any atom is -0.334 e. The largest absolute Gasteiger partial charge is 0.417 e. The first-order valence-corrected chi connectivity index (χ1v) is 8.77. The molecule has 2 heterocycles. The Balaban J connectivity index is 1.84. The van der Waals surface area contributed by atoms with Crippen LogP contribution in [0.3, 0.4) is 0 Å². The zero-order valence-corrected chi connectivity index (χ0v) is 15.6. The average Bonchev–Trinajstić information content (AvgIpc) is 2.67. The summed E-state index contributed by atoms with van der Waals surface area (Å²) in [5.41, 5.74) is 0.969. The standard InChI is InChI=1S/C19H16ClF3N4O/c1-11-10-27(8-5-12(11)17(24)15-9-25-6-7-26-15)18(28)13-3-2-4-14(16(13)20)19(21,22)23/h2-4,6-7,9,24H,5,8,10H2,1H3. The van der Waals surface area contributed by atoms with Crippen LogP contribution < -0.4 is 0 Å². The van der Waals surface area contributed by atoms with Crippen molar-refractivity contribution in [2.75, 3.05) is 13.1 Å². The molecular weight excluding hydrogens is 393 g/mol. The Kier molecular flexibility index (Phi) is 5.51. The van der Waals surface area contributed by atoms with Crippen molar-refractivity contribution >= 4 is 23.2 Å². The number of hydrogen-bond donors (Lipinski definition) is 1. The maximum Gasteiger partial charge on any atom is 0.417 e. The number of carbonyl (C=O) groups excluding carboxylic acids is 1. The number of nitrogens with zero attached hydrogens (tertiary/aromatic N) is 3. The van der Waals surface area contributed by atoms with E-state index in [1.54, 1.807) is 6.92 Å². The Hall–Kier alpha value is -2.74. The number of nitrogens with one attached hydrogen (secondary N) is 1. The highest BCUT2D eigenvalue weighted by molar-refractivity contribution is 6.34. The predicted molar refractivity (Wildman–Crippen MR) is 98.5 cm³/mol. The first kappa shape index (κ1) is 20.0. The molecule has 2 aromatic rings. The maximum atomic E-state index is 13.0. The number of alkyl halides is 3. The molecule has 0 atom stereocenters. The third-order valence-corrected chi connectivity index (χ3v) is 4.92. The number of amides is 1. The average molecular weight is 409 g/mol. The van der Waals surface area contributed by atoms with Crippen molar-refractivity contribution in [1.82, 2.24) is 14.9 Å². The van der Waals surface area contributed by atoms with E-state index < -0.39 is 22.7 Å². The molecule has 9 heteroatoms. The topological polar surface area (TPSA) is 69.9 Å². The van der Waals surface area contributed by atoms with E-state index in [0.717, 1.165) is 17.2 Å². The van der Waals surface area contributed by atoms with E-state index >= 15 is 0 Å². The molecule has 0 saturated carbocycles. The van der Waals surface area contributed by atoms with E-state index in [1.807, 2.05) is 0 Å². The van der Waals surface area contributed by atoms with Crippen LogP contribution in [0.15, 0.2) is 47.9 Å². The Labute approximate surface area is 164 Å². The number of benzene rings is 1. The van der Waals surface area contributed by atoms with E-state index in [4.69, 9.17) is 17.0 Å². The van der Waals surface area contributed by atoms with E-state index in [9.17, 15) is 18.0 Å². The third-order valence-electron chi connectivity index (χ3n) is 4.52. The first-order chi connectivity index (χ1) is 13.2. The normalized spacial score (nSPS) is 15.0. The van der Waals surface area contributed by atoms with E-state index in [-0.39, 0.29) is 24.4 Å². The lowest BCUT2D eigenvalue weighted by atomic mass is 9.94. The Morgan fingerprint density at radius 2 is 2.04 bits per heavy atom. The monoisotopic (exact) mass is 408 g/mol. The van der Waals surface area contributed by atoms with Gasteiger partial charge in [0, 0.05) is 25.5 Å². The fourth-order valence-electron chi connectivity index (χ4n) is 3.10. The van der Waals surface area contributed by atoms with E-state index in [0.29, 0.717) is 12.1 Å². The Bertz CT molecular complexity index is 957. The van der Waals surface area contributed by atoms with Crippen molar-refractivity contribution in [3.05, 3.63) is 69.8 Å². The van der Waals surface area contributed by atoms with Crippen LogP contribution in [0, 0.1) is 5.41 Å². The zero-order valence-electron chi connectivity index (χ0n) is 14.8.